The second-order valence-corrected chi connectivity index (χ2v) is 5.61. The van der Waals surface area contributed by atoms with E-state index in [-0.39, 0.29) is 28.6 Å². The van der Waals surface area contributed by atoms with Crippen LogP contribution >= 0.6 is 11.5 Å². The number of amides is 2. The van der Waals surface area contributed by atoms with Crippen LogP contribution in [0.15, 0.2) is 24.3 Å². The van der Waals surface area contributed by atoms with Crippen LogP contribution in [0, 0.1) is 5.82 Å². The quantitative estimate of drug-likeness (QED) is 0.751. The highest BCUT2D eigenvalue weighted by molar-refractivity contribution is 7.09. The summed E-state index contributed by atoms with van der Waals surface area (Å²) in [4.78, 5) is 24.2. The maximum Gasteiger partial charge on any atom is 0.273 e. The molecule has 2 rings (SSSR count). The number of hydrogen-bond acceptors (Lipinski definition) is 5. The standard InChI is InChI=1S/C15H17FN4O2S/c1-2-7-18-14(21)12-11(17)13(23-20-12)15(22)19-8-9-3-5-10(16)6-4-9/h3-6H,2,7-8,17H2,1H3,(H,18,21)(H,19,22). The van der Waals surface area contributed by atoms with Crippen molar-refractivity contribution in [3.8, 4) is 0 Å². The van der Waals surface area contributed by atoms with Gasteiger partial charge in [-0.15, -0.1) is 0 Å². The van der Waals surface area contributed by atoms with Crippen molar-refractivity contribution in [2.45, 2.75) is 19.9 Å². The minimum absolute atomic E-state index is 0.0652. The van der Waals surface area contributed by atoms with Gasteiger partial charge in [0.15, 0.2) is 5.69 Å². The first kappa shape index (κ1) is 16.9. The van der Waals surface area contributed by atoms with Gasteiger partial charge in [-0.1, -0.05) is 19.1 Å². The number of nitrogens with two attached hydrogens (primary N) is 1. The van der Waals surface area contributed by atoms with Crippen LogP contribution in [0.5, 0.6) is 0 Å². The Bertz CT molecular complexity index is 700. The fourth-order valence-corrected chi connectivity index (χ4v) is 2.53. The molecular weight excluding hydrogens is 319 g/mol. The zero-order valence-electron chi connectivity index (χ0n) is 12.6. The van der Waals surface area contributed by atoms with Crippen molar-refractivity contribution in [3.05, 3.63) is 46.2 Å². The number of nitrogens with one attached hydrogen (secondary N) is 2. The molecule has 8 heteroatoms. The lowest BCUT2D eigenvalue weighted by Gasteiger charge is -2.05. The fraction of sp³-hybridized carbons (Fsp3) is 0.267. The van der Waals surface area contributed by atoms with E-state index in [2.05, 4.69) is 15.0 Å². The molecule has 0 saturated carbocycles. The molecule has 2 aromatic rings. The number of rotatable bonds is 6. The predicted molar refractivity (Wildman–Crippen MR) is 86.7 cm³/mol. The summed E-state index contributed by atoms with van der Waals surface area (Å²) in [6.45, 7) is 2.68. The number of benzene rings is 1. The van der Waals surface area contributed by atoms with E-state index in [0.717, 1.165) is 23.5 Å². The van der Waals surface area contributed by atoms with E-state index < -0.39 is 11.8 Å². The van der Waals surface area contributed by atoms with Crippen LogP contribution in [-0.4, -0.2) is 22.7 Å². The lowest BCUT2D eigenvalue weighted by molar-refractivity contribution is 0.0949. The van der Waals surface area contributed by atoms with E-state index in [1.807, 2.05) is 6.92 Å². The monoisotopic (exact) mass is 336 g/mol. The van der Waals surface area contributed by atoms with Gasteiger partial charge in [-0.2, -0.15) is 4.37 Å². The molecule has 4 N–H and O–H groups in total. The normalized spacial score (nSPS) is 10.3. The summed E-state index contributed by atoms with van der Waals surface area (Å²) < 4.78 is 16.8. The molecule has 0 atom stereocenters. The minimum atomic E-state index is -0.418. The topological polar surface area (TPSA) is 97.1 Å². The van der Waals surface area contributed by atoms with Gasteiger partial charge in [0.2, 0.25) is 0 Å². The van der Waals surface area contributed by atoms with Gasteiger partial charge in [0, 0.05) is 13.1 Å². The van der Waals surface area contributed by atoms with Gasteiger partial charge >= 0.3 is 0 Å². The van der Waals surface area contributed by atoms with E-state index in [1.54, 1.807) is 12.1 Å². The van der Waals surface area contributed by atoms with Gasteiger partial charge in [0.05, 0.1) is 5.69 Å². The molecule has 0 fully saturated rings. The molecule has 1 aromatic heterocycles. The predicted octanol–water partition coefficient (Wildman–Crippen LogP) is 1.93. The molecule has 0 bridgehead atoms. The van der Waals surface area contributed by atoms with Gasteiger partial charge in [-0.25, -0.2) is 4.39 Å². The van der Waals surface area contributed by atoms with E-state index in [0.29, 0.717) is 6.54 Å². The third-order valence-electron chi connectivity index (χ3n) is 3.05. The van der Waals surface area contributed by atoms with Crippen LogP contribution in [0.3, 0.4) is 0 Å². The first-order valence-corrected chi connectivity index (χ1v) is 7.86. The molecular formula is C15H17FN4O2S. The first-order valence-electron chi connectivity index (χ1n) is 7.09. The first-order chi connectivity index (χ1) is 11.0. The molecule has 0 aliphatic heterocycles. The van der Waals surface area contributed by atoms with E-state index in [9.17, 15) is 14.0 Å². The lowest BCUT2D eigenvalue weighted by atomic mass is 10.2. The van der Waals surface area contributed by atoms with Crippen molar-refractivity contribution in [1.29, 1.82) is 0 Å². The summed E-state index contributed by atoms with van der Waals surface area (Å²) in [7, 11) is 0. The fourth-order valence-electron chi connectivity index (χ4n) is 1.81. The SMILES string of the molecule is CCCNC(=O)c1nsc(C(=O)NCc2ccc(F)cc2)c1N. The Hall–Kier alpha value is -2.48. The van der Waals surface area contributed by atoms with Crippen molar-refractivity contribution in [1.82, 2.24) is 15.0 Å². The number of carbonyl (C=O) groups is 2. The number of nitrogen functional groups attached to an aromatic ring is 1. The molecule has 0 spiro atoms. The summed E-state index contributed by atoms with van der Waals surface area (Å²) in [5, 5.41) is 5.33. The van der Waals surface area contributed by atoms with Gasteiger partial charge in [0.25, 0.3) is 11.8 Å². The van der Waals surface area contributed by atoms with Crippen molar-refractivity contribution >= 4 is 29.0 Å². The molecule has 0 saturated heterocycles. The van der Waals surface area contributed by atoms with Gasteiger partial charge < -0.3 is 16.4 Å². The van der Waals surface area contributed by atoms with Crippen molar-refractivity contribution in [2.24, 2.45) is 0 Å². The summed E-state index contributed by atoms with van der Waals surface area (Å²) in [6, 6.07) is 5.79. The maximum absolute atomic E-state index is 12.8. The van der Waals surface area contributed by atoms with Crippen LogP contribution in [0.25, 0.3) is 0 Å². The van der Waals surface area contributed by atoms with Crippen LogP contribution < -0.4 is 16.4 Å². The highest BCUT2D eigenvalue weighted by Gasteiger charge is 2.21. The molecule has 1 heterocycles. The smallest absolute Gasteiger partial charge is 0.273 e. The molecule has 23 heavy (non-hydrogen) atoms. The number of nitrogens with zero attached hydrogens (tertiary/aromatic N) is 1. The highest BCUT2D eigenvalue weighted by atomic mass is 32.1. The maximum atomic E-state index is 12.8. The van der Waals surface area contributed by atoms with Crippen molar-refractivity contribution in [2.75, 3.05) is 12.3 Å². The van der Waals surface area contributed by atoms with Crippen LogP contribution in [0.1, 0.15) is 39.1 Å². The molecule has 0 radical (unpaired) electrons. The second-order valence-electron chi connectivity index (χ2n) is 4.84. The van der Waals surface area contributed by atoms with Crippen LogP contribution in [0.4, 0.5) is 10.1 Å². The number of halogens is 1. The summed E-state index contributed by atoms with van der Waals surface area (Å²) in [5.74, 6) is -1.15. The summed E-state index contributed by atoms with van der Waals surface area (Å²) in [5.41, 5.74) is 6.73. The molecule has 6 nitrogen and oxygen atoms in total. The van der Waals surface area contributed by atoms with Gasteiger partial charge in [-0.3, -0.25) is 9.59 Å². The number of hydrogen-bond donors (Lipinski definition) is 3. The van der Waals surface area contributed by atoms with Crippen molar-refractivity contribution in [3.63, 3.8) is 0 Å². The third kappa shape index (κ3) is 4.26. The Labute approximate surface area is 137 Å². The van der Waals surface area contributed by atoms with E-state index in [4.69, 9.17) is 5.73 Å². The molecule has 2 amide bonds. The molecule has 0 unspecified atom stereocenters. The molecule has 0 aliphatic rings. The Balaban J connectivity index is 2.01. The Morgan fingerprint density at radius 1 is 1.22 bits per heavy atom. The molecule has 0 aliphatic carbocycles. The number of aromatic nitrogens is 1. The molecule has 1 aromatic carbocycles. The summed E-state index contributed by atoms with van der Waals surface area (Å²) in [6.07, 6.45) is 0.792. The van der Waals surface area contributed by atoms with Crippen molar-refractivity contribution < 1.29 is 14.0 Å². The third-order valence-corrected chi connectivity index (χ3v) is 3.91. The Kier molecular flexibility index (Phi) is 5.64. The van der Waals surface area contributed by atoms with E-state index in [1.165, 1.54) is 12.1 Å². The number of anilines is 1. The zero-order valence-corrected chi connectivity index (χ0v) is 13.4. The van der Waals surface area contributed by atoms with Crippen LogP contribution in [0.2, 0.25) is 0 Å². The zero-order chi connectivity index (χ0) is 16.8. The molecule has 122 valence electrons. The average Bonchev–Trinajstić information content (AvgIpc) is 2.93. The van der Waals surface area contributed by atoms with E-state index >= 15 is 0 Å². The largest absolute Gasteiger partial charge is 0.395 e. The van der Waals surface area contributed by atoms with Gasteiger partial charge in [-0.05, 0) is 35.6 Å². The lowest BCUT2D eigenvalue weighted by Crippen LogP contribution is -2.26. The Morgan fingerprint density at radius 3 is 2.57 bits per heavy atom. The van der Waals surface area contributed by atoms with Crippen LogP contribution in [-0.2, 0) is 6.54 Å². The minimum Gasteiger partial charge on any atom is -0.395 e. The second kappa shape index (κ2) is 7.68. The number of carbonyl (C=O) groups excluding carboxylic acids is 2. The highest BCUT2D eigenvalue weighted by Crippen LogP contribution is 2.21. The van der Waals surface area contributed by atoms with Gasteiger partial charge in [0.1, 0.15) is 10.7 Å². The summed E-state index contributed by atoms with van der Waals surface area (Å²) >= 11 is 0.876. The average molecular weight is 336 g/mol. The Morgan fingerprint density at radius 2 is 1.91 bits per heavy atom.